The Morgan fingerprint density at radius 2 is 1.86 bits per heavy atom. The van der Waals surface area contributed by atoms with Crippen molar-refractivity contribution in [1.82, 2.24) is 24.9 Å². The highest BCUT2D eigenvalue weighted by Gasteiger charge is 2.49. The monoisotopic (exact) mass is 608 g/mol. The molecule has 1 saturated carbocycles. The first kappa shape index (κ1) is 30.8. The van der Waals surface area contributed by atoms with Gasteiger partial charge in [-0.3, -0.25) is 9.69 Å². The Labute approximate surface area is 260 Å². The van der Waals surface area contributed by atoms with Gasteiger partial charge in [-0.1, -0.05) is 11.6 Å². The number of amides is 1. The van der Waals surface area contributed by atoms with Crippen LogP contribution in [0.15, 0.2) is 10.6 Å². The van der Waals surface area contributed by atoms with Crippen LogP contribution in [0.5, 0.6) is 5.88 Å². The van der Waals surface area contributed by atoms with Crippen molar-refractivity contribution in [3.05, 3.63) is 17.4 Å². The minimum atomic E-state index is -0.566. The summed E-state index contributed by atoms with van der Waals surface area (Å²) < 4.78 is 18.1. The molecule has 11 nitrogen and oxygen atoms in total. The molecule has 4 aliphatic rings. The lowest BCUT2D eigenvalue weighted by atomic mass is 9.64. The van der Waals surface area contributed by atoms with Gasteiger partial charge in [-0.25, -0.2) is 9.78 Å². The maximum Gasteiger partial charge on any atom is 0.410 e. The number of likely N-dealkylation sites (tertiary alicyclic amines) is 1. The Kier molecular flexibility index (Phi) is 8.13. The lowest BCUT2D eigenvalue weighted by Gasteiger charge is -2.47. The molecular weight excluding hydrogens is 560 g/mol. The molecule has 4 heterocycles. The van der Waals surface area contributed by atoms with E-state index in [0.717, 1.165) is 75.1 Å². The van der Waals surface area contributed by atoms with Crippen molar-refractivity contribution >= 4 is 17.7 Å². The number of nitrogens with zero attached hydrogens (tertiary/aromatic N) is 6. The minimum Gasteiger partial charge on any atom is -0.476 e. The lowest BCUT2D eigenvalue weighted by Crippen LogP contribution is -2.62. The third-order valence-corrected chi connectivity index (χ3v) is 9.88. The number of carbonyl (C=O) groups excluding carboxylic acids is 2. The fourth-order valence-electron chi connectivity index (χ4n) is 7.50. The van der Waals surface area contributed by atoms with E-state index in [1.165, 1.54) is 0 Å². The van der Waals surface area contributed by atoms with E-state index >= 15 is 0 Å². The van der Waals surface area contributed by atoms with Gasteiger partial charge in [-0.15, -0.1) is 0 Å². The molecule has 2 aromatic rings. The van der Waals surface area contributed by atoms with Gasteiger partial charge < -0.3 is 23.8 Å². The summed E-state index contributed by atoms with van der Waals surface area (Å²) in [5.74, 6) is 2.66. The van der Waals surface area contributed by atoms with Crippen molar-refractivity contribution in [2.45, 2.75) is 115 Å². The van der Waals surface area contributed by atoms with Crippen LogP contribution in [0.1, 0.15) is 97.3 Å². The first-order chi connectivity index (χ1) is 20.9. The molecule has 44 heavy (non-hydrogen) atoms. The molecule has 6 rings (SSSR count). The van der Waals surface area contributed by atoms with E-state index in [4.69, 9.17) is 24.0 Å². The summed E-state index contributed by atoms with van der Waals surface area (Å²) in [6.45, 7) is 13.0. The highest BCUT2D eigenvalue weighted by atomic mass is 16.6. The fraction of sp³-hybridized carbons (Fsp3) is 0.727. The first-order valence-corrected chi connectivity index (χ1v) is 16.4. The van der Waals surface area contributed by atoms with Crippen molar-refractivity contribution < 1.29 is 23.6 Å². The largest absolute Gasteiger partial charge is 0.476 e. The van der Waals surface area contributed by atoms with Crippen molar-refractivity contribution in [3.63, 3.8) is 0 Å². The molecule has 2 aliphatic carbocycles. The van der Waals surface area contributed by atoms with Gasteiger partial charge in [0.2, 0.25) is 5.88 Å². The molecule has 0 N–H and O–H groups in total. The molecule has 0 unspecified atom stereocenters. The van der Waals surface area contributed by atoms with Gasteiger partial charge in [0.05, 0.1) is 11.0 Å². The van der Waals surface area contributed by atoms with Crippen LogP contribution in [0.2, 0.25) is 0 Å². The third-order valence-electron chi connectivity index (χ3n) is 9.88. The Morgan fingerprint density at radius 3 is 2.57 bits per heavy atom. The zero-order valence-corrected chi connectivity index (χ0v) is 27.3. The SMILES string of the molecule is CN1CCC[C@H]1COc1cc(N2CCN(C(=O)OC(C)(C)C)C(C)(C)C2)nc(-c2noc3c2CCC[C@@]32CCCCC2=O)n1. The van der Waals surface area contributed by atoms with Gasteiger partial charge in [0.1, 0.15) is 23.8 Å². The van der Waals surface area contributed by atoms with Gasteiger partial charge in [0, 0.05) is 43.7 Å². The van der Waals surface area contributed by atoms with Crippen LogP contribution in [-0.2, 0) is 21.4 Å². The molecule has 3 fully saturated rings. The lowest BCUT2D eigenvalue weighted by molar-refractivity contribution is -0.128. The summed E-state index contributed by atoms with van der Waals surface area (Å²) in [4.78, 5) is 42.5. The van der Waals surface area contributed by atoms with Crippen LogP contribution < -0.4 is 9.64 Å². The number of carbonyl (C=O) groups is 2. The smallest absolute Gasteiger partial charge is 0.410 e. The fourth-order valence-corrected chi connectivity index (χ4v) is 7.50. The molecule has 240 valence electrons. The number of aromatic nitrogens is 3. The van der Waals surface area contributed by atoms with Crippen LogP contribution in [-0.4, -0.2) is 93.8 Å². The predicted octanol–water partition coefficient (Wildman–Crippen LogP) is 5.16. The second-order valence-electron chi connectivity index (χ2n) is 14.7. The van der Waals surface area contributed by atoms with Crippen molar-refractivity contribution in [1.29, 1.82) is 0 Å². The zero-order chi connectivity index (χ0) is 31.3. The molecule has 0 radical (unpaired) electrons. The number of anilines is 1. The number of ketones is 1. The second-order valence-corrected chi connectivity index (χ2v) is 14.7. The number of hydrogen-bond acceptors (Lipinski definition) is 10. The number of rotatable bonds is 5. The standard InChI is InChI=1S/C33H48N6O5/c1-31(2,3)43-30(41)39-18-17-38(21-32(39,4)5)25-19-26(42-20-22-11-10-16-37(22)6)35-29(34-25)27-23-12-9-15-33(28(23)44-36-27)14-8-7-13-24(33)40/h19,22H,7-18,20-21H2,1-6H3/t22-,33+/m0/s1. The second kappa shape index (κ2) is 11.6. The van der Waals surface area contributed by atoms with E-state index in [0.29, 0.717) is 56.1 Å². The number of likely N-dealkylation sites (N-methyl/N-ethyl adjacent to an activating group) is 1. The summed E-state index contributed by atoms with van der Waals surface area (Å²) in [6, 6.07) is 2.24. The summed E-state index contributed by atoms with van der Waals surface area (Å²) in [5.41, 5.74) is -0.0689. The summed E-state index contributed by atoms with van der Waals surface area (Å²) >= 11 is 0. The minimum absolute atomic E-state index is 0.275. The van der Waals surface area contributed by atoms with Gasteiger partial charge in [-0.2, -0.15) is 4.98 Å². The maximum absolute atomic E-state index is 13.3. The average Bonchev–Trinajstić information content (AvgIpc) is 3.58. The van der Waals surface area contributed by atoms with Gasteiger partial charge in [0.15, 0.2) is 17.3 Å². The molecule has 0 bridgehead atoms. The number of ether oxygens (including phenoxy) is 2. The van der Waals surface area contributed by atoms with Crippen molar-refractivity contribution in [3.8, 4) is 17.4 Å². The quantitative estimate of drug-likeness (QED) is 0.451. The highest BCUT2D eigenvalue weighted by molar-refractivity contribution is 5.91. The summed E-state index contributed by atoms with van der Waals surface area (Å²) in [7, 11) is 2.13. The number of hydrogen-bond donors (Lipinski definition) is 0. The summed E-state index contributed by atoms with van der Waals surface area (Å²) in [5, 5.41) is 4.52. The zero-order valence-electron chi connectivity index (χ0n) is 27.3. The molecule has 2 aromatic heterocycles. The highest BCUT2D eigenvalue weighted by Crippen LogP contribution is 2.47. The Bertz CT molecular complexity index is 1400. The number of piperazine rings is 1. The van der Waals surface area contributed by atoms with Crippen LogP contribution in [0.25, 0.3) is 11.5 Å². The molecule has 2 aliphatic heterocycles. The molecular formula is C33H48N6O5. The predicted molar refractivity (Wildman–Crippen MR) is 166 cm³/mol. The van der Waals surface area contributed by atoms with E-state index in [9.17, 15) is 9.59 Å². The van der Waals surface area contributed by atoms with E-state index in [1.807, 2.05) is 40.7 Å². The Morgan fingerprint density at radius 1 is 1.07 bits per heavy atom. The van der Waals surface area contributed by atoms with Crippen LogP contribution in [0, 0.1) is 0 Å². The van der Waals surface area contributed by atoms with E-state index in [-0.39, 0.29) is 11.9 Å². The van der Waals surface area contributed by atoms with Crippen molar-refractivity contribution in [2.24, 2.45) is 0 Å². The number of Topliss-reactive ketones (excluding diaryl/α,β-unsaturated/α-hetero) is 1. The topological polar surface area (TPSA) is 114 Å². The van der Waals surface area contributed by atoms with E-state index in [2.05, 4.69) is 22.0 Å². The van der Waals surface area contributed by atoms with Crippen molar-refractivity contribution in [2.75, 3.05) is 44.7 Å². The van der Waals surface area contributed by atoms with Gasteiger partial charge in [0.25, 0.3) is 0 Å². The molecule has 0 aromatic carbocycles. The molecule has 2 saturated heterocycles. The third kappa shape index (κ3) is 5.91. The number of fused-ring (bicyclic) bond motifs is 2. The Hall–Kier alpha value is -3.21. The van der Waals surface area contributed by atoms with Crippen LogP contribution in [0.3, 0.4) is 0 Å². The average molecular weight is 609 g/mol. The first-order valence-electron chi connectivity index (χ1n) is 16.4. The Balaban J connectivity index is 1.32. The van der Waals surface area contributed by atoms with E-state index < -0.39 is 16.6 Å². The molecule has 1 spiro atoms. The van der Waals surface area contributed by atoms with Gasteiger partial charge in [-0.05, 0) is 93.2 Å². The van der Waals surface area contributed by atoms with Crippen LogP contribution >= 0.6 is 0 Å². The summed E-state index contributed by atoms with van der Waals surface area (Å²) in [6.07, 6.45) is 7.82. The van der Waals surface area contributed by atoms with E-state index in [1.54, 1.807) is 4.90 Å². The molecule has 2 atom stereocenters. The normalized spacial score (nSPS) is 25.8. The maximum atomic E-state index is 13.3. The van der Waals surface area contributed by atoms with Crippen LogP contribution in [0.4, 0.5) is 10.6 Å². The molecule has 11 heteroatoms. The molecule has 1 amide bonds. The van der Waals surface area contributed by atoms with Gasteiger partial charge >= 0.3 is 6.09 Å².